The number of oxazole rings is 1. The van der Waals surface area contributed by atoms with Crippen molar-refractivity contribution >= 4 is 17.1 Å². The largest absolute Gasteiger partial charge is 0.436 e. The van der Waals surface area contributed by atoms with E-state index >= 15 is 0 Å². The number of halogens is 1. The molecule has 0 saturated heterocycles. The lowest BCUT2D eigenvalue weighted by molar-refractivity contribution is 0.0735. The highest BCUT2D eigenvalue weighted by Crippen LogP contribution is 2.32. The molecule has 1 aromatic heterocycles. The van der Waals surface area contributed by atoms with E-state index in [4.69, 9.17) is 9.15 Å². The van der Waals surface area contributed by atoms with Gasteiger partial charge in [0.15, 0.2) is 5.58 Å². The van der Waals surface area contributed by atoms with Gasteiger partial charge < -0.3 is 9.15 Å². The molecule has 0 unspecified atom stereocenters. The van der Waals surface area contributed by atoms with E-state index in [-0.39, 0.29) is 5.56 Å². The minimum Gasteiger partial charge on any atom is -0.436 e. The smallest absolute Gasteiger partial charge is 0.343 e. The first-order chi connectivity index (χ1) is 12.2. The number of aromatic nitrogens is 1. The van der Waals surface area contributed by atoms with Crippen molar-refractivity contribution in [1.82, 2.24) is 4.98 Å². The minimum atomic E-state index is -0.650. The third-order valence-corrected chi connectivity index (χ3v) is 3.67. The highest BCUT2D eigenvalue weighted by Gasteiger charge is 2.16. The van der Waals surface area contributed by atoms with Crippen molar-refractivity contribution in [3.05, 3.63) is 84.2 Å². The zero-order valence-corrected chi connectivity index (χ0v) is 13.0. The molecule has 0 amide bonds. The van der Waals surface area contributed by atoms with E-state index in [2.05, 4.69) is 4.98 Å². The van der Waals surface area contributed by atoms with Crippen molar-refractivity contribution in [2.45, 2.75) is 0 Å². The molecule has 0 bridgehead atoms. The molecule has 0 radical (unpaired) electrons. The Labute approximate surface area is 142 Å². The summed E-state index contributed by atoms with van der Waals surface area (Å²) in [4.78, 5) is 16.7. The quantitative estimate of drug-likeness (QED) is 0.397. The second-order valence-corrected chi connectivity index (χ2v) is 5.38. The first-order valence-corrected chi connectivity index (χ1v) is 7.63. The van der Waals surface area contributed by atoms with Crippen LogP contribution in [-0.2, 0) is 0 Å². The summed E-state index contributed by atoms with van der Waals surface area (Å²) in [5, 5.41) is 0. The van der Waals surface area contributed by atoms with Crippen molar-refractivity contribution in [2.75, 3.05) is 0 Å². The van der Waals surface area contributed by atoms with Crippen molar-refractivity contribution in [3.63, 3.8) is 0 Å². The number of hydrogen-bond acceptors (Lipinski definition) is 4. The molecular weight excluding hydrogens is 321 g/mol. The zero-order valence-electron chi connectivity index (χ0n) is 13.0. The second kappa shape index (κ2) is 6.20. The van der Waals surface area contributed by atoms with Crippen LogP contribution in [0.4, 0.5) is 4.39 Å². The standard InChI is InChI=1S/C20H12FNO3/c21-14-7-5-6-13(12-14)20(23)25-17-10-3-1-8-15(17)19-22-16-9-2-4-11-18(16)24-19/h1-12H. The van der Waals surface area contributed by atoms with Gasteiger partial charge in [-0.25, -0.2) is 14.2 Å². The highest BCUT2D eigenvalue weighted by molar-refractivity contribution is 5.92. The lowest BCUT2D eigenvalue weighted by Crippen LogP contribution is -2.09. The average Bonchev–Trinajstić information content (AvgIpc) is 3.06. The molecule has 122 valence electrons. The van der Waals surface area contributed by atoms with E-state index in [9.17, 15) is 9.18 Å². The van der Waals surface area contributed by atoms with Gasteiger partial charge in [0.25, 0.3) is 0 Å². The number of nitrogens with zero attached hydrogens (tertiary/aromatic N) is 1. The summed E-state index contributed by atoms with van der Waals surface area (Å²) < 4.78 is 24.5. The molecule has 0 aliphatic heterocycles. The third-order valence-electron chi connectivity index (χ3n) is 3.67. The molecule has 0 fully saturated rings. The SMILES string of the molecule is O=C(Oc1ccccc1-c1nc2ccccc2o1)c1cccc(F)c1. The van der Waals surface area contributed by atoms with Gasteiger partial charge in [-0.3, -0.25) is 0 Å². The summed E-state index contributed by atoms with van der Waals surface area (Å²) in [6, 6.07) is 19.6. The molecule has 0 atom stereocenters. The van der Waals surface area contributed by atoms with Crippen LogP contribution in [0.1, 0.15) is 10.4 Å². The van der Waals surface area contributed by atoms with Crippen LogP contribution in [0.15, 0.2) is 77.2 Å². The summed E-state index contributed by atoms with van der Waals surface area (Å²) >= 11 is 0. The number of rotatable bonds is 3. The van der Waals surface area contributed by atoms with E-state index in [0.717, 1.165) is 6.07 Å². The molecule has 0 N–H and O–H groups in total. The molecule has 0 aliphatic carbocycles. The maximum atomic E-state index is 13.3. The Hall–Kier alpha value is -3.47. The predicted molar refractivity (Wildman–Crippen MR) is 90.8 cm³/mol. The monoisotopic (exact) mass is 333 g/mol. The van der Waals surface area contributed by atoms with E-state index in [1.54, 1.807) is 24.3 Å². The number of carbonyl (C=O) groups excluding carboxylic acids is 1. The third kappa shape index (κ3) is 2.99. The van der Waals surface area contributed by atoms with Crippen LogP contribution in [0.5, 0.6) is 5.75 Å². The van der Waals surface area contributed by atoms with Crippen molar-refractivity contribution in [2.24, 2.45) is 0 Å². The molecule has 4 rings (SSSR count). The number of carbonyl (C=O) groups is 1. The van der Waals surface area contributed by atoms with E-state index in [0.29, 0.717) is 28.3 Å². The van der Waals surface area contributed by atoms with Gasteiger partial charge in [0.05, 0.1) is 11.1 Å². The number of hydrogen-bond donors (Lipinski definition) is 0. The molecule has 25 heavy (non-hydrogen) atoms. The lowest BCUT2D eigenvalue weighted by atomic mass is 10.2. The zero-order chi connectivity index (χ0) is 17.2. The Morgan fingerprint density at radius 3 is 2.60 bits per heavy atom. The Kier molecular flexibility index (Phi) is 3.74. The van der Waals surface area contributed by atoms with Crippen LogP contribution in [0.25, 0.3) is 22.6 Å². The van der Waals surface area contributed by atoms with Gasteiger partial charge in [0.1, 0.15) is 17.1 Å². The number of ether oxygens (including phenoxy) is 1. The van der Waals surface area contributed by atoms with Crippen molar-refractivity contribution in [3.8, 4) is 17.2 Å². The molecular formula is C20H12FNO3. The lowest BCUT2D eigenvalue weighted by Gasteiger charge is -2.07. The number of esters is 1. The van der Waals surface area contributed by atoms with Crippen LogP contribution in [0.3, 0.4) is 0 Å². The fraction of sp³-hybridized carbons (Fsp3) is 0. The molecule has 4 nitrogen and oxygen atoms in total. The van der Waals surface area contributed by atoms with Crippen LogP contribution in [-0.4, -0.2) is 11.0 Å². The van der Waals surface area contributed by atoms with E-state index < -0.39 is 11.8 Å². The molecule has 3 aromatic carbocycles. The van der Waals surface area contributed by atoms with Crippen molar-refractivity contribution in [1.29, 1.82) is 0 Å². The fourth-order valence-corrected chi connectivity index (χ4v) is 2.49. The Morgan fingerprint density at radius 2 is 1.76 bits per heavy atom. The van der Waals surface area contributed by atoms with Crippen LogP contribution in [0.2, 0.25) is 0 Å². The highest BCUT2D eigenvalue weighted by atomic mass is 19.1. The summed E-state index contributed by atoms with van der Waals surface area (Å²) in [7, 11) is 0. The molecule has 1 heterocycles. The van der Waals surface area contributed by atoms with Gasteiger partial charge in [-0.1, -0.05) is 30.3 Å². The minimum absolute atomic E-state index is 0.132. The number of fused-ring (bicyclic) bond motifs is 1. The van der Waals surface area contributed by atoms with Crippen LogP contribution >= 0.6 is 0 Å². The summed E-state index contributed by atoms with van der Waals surface area (Å²) in [6.07, 6.45) is 0. The van der Waals surface area contributed by atoms with Gasteiger partial charge in [-0.05, 0) is 42.5 Å². The molecule has 4 aromatic rings. The van der Waals surface area contributed by atoms with Gasteiger partial charge in [0, 0.05) is 0 Å². The predicted octanol–water partition coefficient (Wildman–Crippen LogP) is 4.85. The summed E-state index contributed by atoms with van der Waals surface area (Å²) in [6.45, 7) is 0. The first kappa shape index (κ1) is 15.1. The topological polar surface area (TPSA) is 52.3 Å². The summed E-state index contributed by atoms with van der Waals surface area (Å²) in [5.41, 5.74) is 2.03. The van der Waals surface area contributed by atoms with E-state index in [1.165, 1.54) is 18.2 Å². The number of benzene rings is 3. The Balaban J connectivity index is 1.70. The van der Waals surface area contributed by atoms with Gasteiger partial charge in [0.2, 0.25) is 5.89 Å². The van der Waals surface area contributed by atoms with Crippen LogP contribution in [0, 0.1) is 5.82 Å². The van der Waals surface area contributed by atoms with Crippen LogP contribution < -0.4 is 4.74 Å². The van der Waals surface area contributed by atoms with E-state index in [1.807, 2.05) is 24.3 Å². The maximum Gasteiger partial charge on any atom is 0.343 e. The Bertz CT molecular complexity index is 1040. The Morgan fingerprint density at radius 1 is 0.960 bits per heavy atom. The fourth-order valence-electron chi connectivity index (χ4n) is 2.49. The summed E-state index contributed by atoms with van der Waals surface area (Å²) in [5.74, 6) is -0.503. The van der Waals surface area contributed by atoms with Gasteiger partial charge in [-0.2, -0.15) is 0 Å². The molecule has 0 aliphatic rings. The second-order valence-electron chi connectivity index (χ2n) is 5.38. The normalized spacial score (nSPS) is 10.8. The van der Waals surface area contributed by atoms with Gasteiger partial charge >= 0.3 is 5.97 Å². The maximum absolute atomic E-state index is 13.3. The average molecular weight is 333 g/mol. The number of para-hydroxylation sites is 3. The first-order valence-electron chi connectivity index (χ1n) is 7.63. The van der Waals surface area contributed by atoms with Crippen molar-refractivity contribution < 1.29 is 18.3 Å². The molecule has 0 spiro atoms. The molecule has 5 heteroatoms. The van der Waals surface area contributed by atoms with Gasteiger partial charge in [-0.15, -0.1) is 0 Å². The molecule has 0 saturated carbocycles.